The first-order valence-corrected chi connectivity index (χ1v) is 7.03. The highest BCUT2D eigenvalue weighted by Crippen LogP contribution is 2.29. The number of ketones is 1. The summed E-state index contributed by atoms with van der Waals surface area (Å²) in [6.07, 6.45) is 2.95. The van der Waals surface area contributed by atoms with Gasteiger partial charge in [-0.25, -0.2) is 0 Å². The van der Waals surface area contributed by atoms with Gasteiger partial charge in [0.15, 0.2) is 17.3 Å². The van der Waals surface area contributed by atoms with Crippen LogP contribution in [-0.4, -0.2) is 26.6 Å². The van der Waals surface area contributed by atoms with Crippen LogP contribution >= 0.6 is 0 Å². The van der Waals surface area contributed by atoms with Crippen LogP contribution < -0.4 is 14.2 Å². The van der Waals surface area contributed by atoms with Crippen LogP contribution in [0, 0.1) is 0 Å². The SMILES string of the molecule is COc1cccc(C(=O)/C=C/c2ccc(OC(F)F)c(OC)c2)c1. The zero-order valence-corrected chi connectivity index (χ0v) is 13.2. The summed E-state index contributed by atoms with van der Waals surface area (Å²) in [7, 11) is 2.87. The van der Waals surface area contributed by atoms with E-state index in [0.717, 1.165) is 0 Å². The highest BCUT2D eigenvalue weighted by atomic mass is 19.3. The lowest BCUT2D eigenvalue weighted by Gasteiger charge is -2.10. The van der Waals surface area contributed by atoms with E-state index < -0.39 is 6.61 Å². The molecule has 0 heterocycles. The van der Waals surface area contributed by atoms with Gasteiger partial charge < -0.3 is 14.2 Å². The fraction of sp³-hybridized carbons (Fsp3) is 0.167. The van der Waals surface area contributed by atoms with Crippen molar-refractivity contribution in [1.29, 1.82) is 0 Å². The number of rotatable bonds is 7. The predicted octanol–water partition coefficient (Wildman–Crippen LogP) is 4.20. The molecule has 0 atom stereocenters. The third-order valence-electron chi connectivity index (χ3n) is 3.19. The number of hydrogen-bond acceptors (Lipinski definition) is 4. The zero-order chi connectivity index (χ0) is 17.5. The van der Waals surface area contributed by atoms with E-state index in [4.69, 9.17) is 9.47 Å². The third kappa shape index (κ3) is 4.55. The molecule has 2 aromatic carbocycles. The van der Waals surface area contributed by atoms with E-state index in [2.05, 4.69) is 4.74 Å². The van der Waals surface area contributed by atoms with E-state index in [9.17, 15) is 13.6 Å². The minimum atomic E-state index is -2.94. The van der Waals surface area contributed by atoms with Gasteiger partial charge in [0.2, 0.25) is 0 Å². The molecule has 0 radical (unpaired) electrons. The fourth-order valence-electron chi connectivity index (χ4n) is 2.03. The van der Waals surface area contributed by atoms with Crippen LogP contribution in [0.3, 0.4) is 0 Å². The lowest BCUT2D eigenvalue weighted by molar-refractivity contribution is -0.0512. The highest BCUT2D eigenvalue weighted by Gasteiger charge is 2.10. The molecule has 0 saturated carbocycles. The van der Waals surface area contributed by atoms with Crippen LogP contribution in [0.25, 0.3) is 6.08 Å². The molecule has 0 unspecified atom stereocenters. The maximum absolute atomic E-state index is 12.3. The van der Waals surface area contributed by atoms with Crippen molar-refractivity contribution in [3.63, 3.8) is 0 Å². The van der Waals surface area contributed by atoms with E-state index >= 15 is 0 Å². The van der Waals surface area contributed by atoms with Gasteiger partial charge in [-0.05, 0) is 35.9 Å². The van der Waals surface area contributed by atoms with Crippen LogP contribution in [0.2, 0.25) is 0 Å². The largest absolute Gasteiger partial charge is 0.497 e. The minimum absolute atomic E-state index is 0.0660. The van der Waals surface area contributed by atoms with E-state index in [1.807, 2.05) is 0 Å². The fourth-order valence-corrected chi connectivity index (χ4v) is 2.03. The Labute approximate surface area is 138 Å². The molecule has 0 fully saturated rings. The molecule has 126 valence electrons. The zero-order valence-electron chi connectivity index (χ0n) is 13.2. The third-order valence-corrected chi connectivity index (χ3v) is 3.19. The molecule has 4 nitrogen and oxygen atoms in total. The molecule has 6 heteroatoms. The maximum atomic E-state index is 12.3. The van der Waals surface area contributed by atoms with Crippen molar-refractivity contribution in [3.8, 4) is 17.2 Å². The molecule has 24 heavy (non-hydrogen) atoms. The molecular weight excluding hydrogens is 318 g/mol. The summed E-state index contributed by atoms with van der Waals surface area (Å²) in [5.74, 6) is 0.472. The number of benzene rings is 2. The van der Waals surface area contributed by atoms with Gasteiger partial charge in [0, 0.05) is 5.56 Å². The summed E-state index contributed by atoms with van der Waals surface area (Å²) in [6, 6.07) is 11.2. The van der Waals surface area contributed by atoms with Crippen molar-refractivity contribution in [3.05, 3.63) is 59.7 Å². The predicted molar refractivity (Wildman–Crippen MR) is 86.0 cm³/mol. The number of carbonyl (C=O) groups excluding carboxylic acids is 1. The Kier molecular flexibility index (Phi) is 5.89. The molecule has 2 rings (SSSR count). The second-order valence-corrected chi connectivity index (χ2v) is 4.72. The molecule has 0 aliphatic heterocycles. The summed E-state index contributed by atoms with van der Waals surface area (Å²) >= 11 is 0. The molecule has 0 aromatic heterocycles. The van der Waals surface area contributed by atoms with Crippen LogP contribution in [0.5, 0.6) is 17.2 Å². The molecule has 0 N–H and O–H groups in total. The number of halogens is 2. The van der Waals surface area contributed by atoms with Crippen molar-refractivity contribution >= 4 is 11.9 Å². The van der Waals surface area contributed by atoms with Gasteiger partial charge in [-0.1, -0.05) is 24.3 Å². The molecule has 0 aliphatic rings. The van der Waals surface area contributed by atoms with Crippen LogP contribution in [0.4, 0.5) is 8.78 Å². The number of alkyl halides is 2. The van der Waals surface area contributed by atoms with E-state index in [1.54, 1.807) is 36.4 Å². The van der Waals surface area contributed by atoms with Gasteiger partial charge in [0.25, 0.3) is 0 Å². The Morgan fingerprint density at radius 3 is 2.50 bits per heavy atom. The number of carbonyl (C=O) groups is 1. The van der Waals surface area contributed by atoms with E-state index in [-0.39, 0.29) is 17.3 Å². The maximum Gasteiger partial charge on any atom is 0.387 e. The Balaban J connectivity index is 2.17. The summed E-state index contributed by atoms with van der Waals surface area (Å²) in [6.45, 7) is -2.94. The second kappa shape index (κ2) is 8.10. The van der Waals surface area contributed by atoms with Crippen LogP contribution in [0.15, 0.2) is 48.5 Å². The average molecular weight is 334 g/mol. The molecule has 0 amide bonds. The topological polar surface area (TPSA) is 44.8 Å². The normalized spacial score (nSPS) is 10.9. The van der Waals surface area contributed by atoms with Gasteiger partial charge >= 0.3 is 6.61 Å². The molecule has 2 aromatic rings. The van der Waals surface area contributed by atoms with Crippen molar-refractivity contribution in [2.75, 3.05) is 14.2 Å². The van der Waals surface area contributed by atoms with Gasteiger partial charge in [0.1, 0.15) is 5.75 Å². The first kappa shape index (κ1) is 17.5. The van der Waals surface area contributed by atoms with E-state index in [1.165, 1.54) is 32.4 Å². The Morgan fingerprint density at radius 2 is 1.83 bits per heavy atom. The van der Waals surface area contributed by atoms with Crippen molar-refractivity contribution < 1.29 is 27.8 Å². The second-order valence-electron chi connectivity index (χ2n) is 4.72. The quantitative estimate of drug-likeness (QED) is 0.562. The highest BCUT2D eigenvalue weighted by molar-refractivity contribution is 6.07. The summed E-state index contributed by atoms with van der Waals surface area (Å²) in [4.78, 5) is 12.2. The molecule has 0 aliphatic carbocycles. The Morgan fingerprint density at radius 1 is 1.04 bits per heavy atom. The monoisotopic (exact) mass is 334 g/mol. The van der Waals surface area contributed by atoms with Gasteiger partial charge in [-0.3, -0.25) is 4.79 Å². The molecular formula is C18H16F2O4. The summed E-state index contributed by atoms with van der Waals surface area (Å²) < 4.78 is 39.0. The average Bonchev–Trinajstić information content (AvgIpc) is 2.60. The number of allylic oxidation sites excluding steroid dienone is 1. The molecule has 0 saturated heterocycles. The van der Waals surface area contributed by atoms with Gasteiger partial charge in [-0.15, -0.1) is 0 Å². The van der Waals surface area contributed by atoms with Crippen molar-refractivity contribution in [1.82, 2.24) is 0 Å². The smallest absolute Gasteiger partial charge is 0.387 e. The van der Waals surface area contributed by atoms with Gasteiger partial charge in [0.05, 0.1) is 14.2 Å². The number of hydrogen-bond donors (Lipinski definition) is 0. The standard InChI is InChI=1S/C18H16F2O4/c1-22-14-5-3-4-13(11-14)15(21)8-6-12-7-9-16(24-18(19)20)17(10-12)23-2/h3-11,18H,1-2H3/b8-6+. The Bertz CT molecular complexity index is 742. The minimum Gasteiger partial charge on any atom is -0.497 e. The number of methoxy groups -OCH3 is 2. The number of ether oxygens (including phenoxy) is 3. The van der Waals surface area contributed by atoms with Crippen LogP contribution in [0.1, 0.15) is 15.9 Å². The first-order valence-electron chi connectivity index (χ1n) is 7.03. The summed E-state index contributed by atoms with van der Waals surface area (Å²) in [5.41, 5.74) is 1.10. The van der Waals surface area contributed by atoms with Gasteiger partial charge in [-0.2, -0.15) is 8.78 Å². The van der Waals surface area contributed by atoms with Crippen molar-refractivity contribution in [2.45, 2.75) is 6.61 Å². The lowest BCUT2D eigenvalue weighted by Crippen LogP contribution is -2.03. The van der Waals surface area contributed by atoms with Crippen LogP contribution in [-0.2, 0) is 0 Å². The van der Waals surface area contributed by atoms with E-state index in [0.29, 0.717) is 16.9 Å². The Hall–Kier alpha value is -2.89. The lowest BCUT2D eigenvalue weighted by atomic mass is 10.1. The van der Waals surface area contributed by atoms with Crippen molar-refractivity contribution in [2.24, 2.45) is 0 Å². The first-order chi connectivity index (χ1) is 11.5. The molecule has 0 bridgehead atoms. The molecule has 0 spiro atoms. The summed E-state index contributed by atoms with van der Waals surface area (Å²) in [5, 5.41) is 0.